The van der Waals surface area contributed by atoms with Crippen molar-refractivity contribution in [3.63, 3.8) is 0 Å². The molecule has 1 aromatic rings. The first kappa shape index (κ1) is 17.4. The Labute approximate surface area is 149 Å². The Morgan fingerprint density at radius 1 is 1.40 bits per heavy atom. The van der Waals surface area contributed by atoms with Crippen LogP contribution in [0.1, 0.15) is 26.7 Å². The zero-order valence-electron chi connectivity index (χ0n) is 14.0. The largest absolute Gasteiger partial charge is 0.357 e. The van der Waals surface area contributed by atoms with Crippen LogP contribution in [0.15, 0.2) is 29.5 Å². The summed E-state index contributed by atoms with van der Waals surface area (Å²) in [5, 5.41) is 14.3. The number of hydrogen-bond acceptors (Lipinski definition) is 5. The Kier molecular flexibility index (Phi) is 4.28. The number of Topliss-reactive ketones (excluding diaryl/α,β-unsaturated/α-hetero) is 1. The molecule has 132 valence electrons. The number of benzene rings is 1. The zero-order valence-corrected chi connectivity index (χ0v) is 14.7. The van der Waals surface area contributed by atoms with Crippen LogP contribution < -0.4 is 10.2 Å². The summed E-state index contributed by atoms with van der Waals surface area (Å²) < 4.78 is 0. The number of amides is 1. The van der Waals surface area contributed by atoms with Crippen molar-refractivity contribution >= 4 is 40.4 Å². The van der Waals surface area contributed by atoms with Gasteiger partial charge >= 0.3 is 0 Å². The second kappa shape index (κ2) is 6.15. The highest BCUT2D eigenvalue weighted by atomic mass is 35.5. The fourth-order valence-corrected chi connectivity index (χ4v) is 3.48. The molecule has 0 atom stereocenters. The van der Waals surface area contributed by atoms with Crippen LogP contribution in [0, 0.1) is 15.5 Å². The molecule has 2 aliphatic rings. The molecule has 0 saturated carbocycles. The van der Waals surface area contributed by atoms with Gasteiger partial charge in [0.15, 0.2) is 5.78 Å². The van der Waals surface area contributed by atoms with Crippen LogP contribution in [0.4, 0.5) is 17.1 Å². The third-order valence-corrected chi connectivity index (χ3v) is 4.72. The molecule has 1 aromatic carbocycles. The van der Waals surface area contributed by atoms with Gasteiger partial charge in [0, 0.05) is 29.8 Å². The summed E-state index contributed by atoms with van der Waals surface area (Å²) in [6, 6.07) is 4.23. The van der Waals surface area contributed by atoms with Crippen LogP contribution in [-0.4, -0.2) is 29.0 Å². The van der Waals surface area contributed by atoms with Crippen molar-refractivity contribution in [3.8, 4) is 0 Å². The normalized spacial score (nSPS) is 18.8. The van der Waals surface area contributed by atoms with Gasteiger partial charge in [-0.15, -0.1) is 11.6 Å². The highest BCUT2D eigenvalue weighted by Gasteiger charge is 2.37. The second-order valence-corrected chi connectivity index (χ2v) is 7.36. The van der Waals surface area contributed by atoms with Crippen LogP contribution in [0.5, 0.6) is 0 Å². The summed E-state index contributed by atoms with van der Waals surface area (Å²) >= 11 is 5.72. The zero-order chi connectivity index (χ0) is 18.4. The fourth-order valence-electron chi connectivity index (χ4n) is 3.33. The molecule has 25 heavy (non-hydrogen) atoms. The predicted molar refractivity (Wildman–Crippen MR) is 94.8 cm³/mol. The summed E-state index contributed by atoms with van der Waals surface area (Å²) in [5.41, 5.74) is 1.87. The maximum absolute atomic E-state index is 12.6. The molecular weight excluding hydrogens is 346 g/mol. The van der Waals surface area contributed by atoms with Gasteiger partial charge in [-0.05, 0) is 17.9 Å². The number of allylic oxidation sites excluding steroid dienone is 1. The van der Waals surface area contributed by atoms with E-state index in [0.29, 0.717) is 35.5 Å². The van der Waals surface area contributed by atoms with Crippen molar-refractivity contribution in [2.75, 3.05) is 22.6 Å². The number of fused-ring (bicyclic) bond motifs is 1. The first-order valence-corrected chi connectivity index (χ1v) is 8.42. The number of anilines is 2. The van der Waals surface area contributed by atoms with Crippen molar-refractivity contribution in [2.24, 2.45) is 5.41 Å². The topological polar surface area (TPSA) is 92.5 Å². The van der Waals surface area contributed by atoms with E-state index in [1.165, 1.54) is 23.1 Å². The lowest BCUT2D eigenvalue weighted by atomic mass is 9.75. The van der Waals surface area contributed by atoms with Gasteiger partial charge in [-0.3, -0.25) is 19.7 Å². The summed E-state index contributed by atoms with van der Waals surface area (Å²) in [6.45, 7) is 4.11. The summed E-state index contributed by atoms with van der Waals surface area (Å²) in [5.74, 6) is -0.614. The molecular formula is C17H18ClN3O4. The quantitative estimate of drug-likeness (QED) is 0.494. The van der Waals surface area contributed by atoms with Gasteiger partial charge in [-0.2, -0.15) is 0 Å². The lowest BCUT2D eigenvalue weighted by molar-refractivity contribution is -0.384. The smallest absolute Gasteiger partial charge is 0.271 e. The monoisotopic (exact) mass is 363 g/mol. The second-order valence-electron chi connectivity index (χ2n) is 7.10. The molecule has 1 heterocycles. The average Bonchev–Trinajstić information content (AvgIpc) is 2.68. The number of nitro groups is 1. The van der Waals surface area contributed by atoms with E-state index in [0.717, 1.165) is 0 Å². The SMILES string of the molecule is CC1(C)CC(=O)C2=C(C1)Nc1cc([N+](=O)[O-])ccc1N(C(=O)CCl)C2. The molecule has 0 spiro atoms. The Morgan fingerprint density at radius 3 is 2.76 bits per heavy atom. The number of carbonyl (C=O) groups is 2. The maximum Gasteiger partial charge on any atom is 0.271 e. The minimum Gasteiger partial charge on any atom is -0.357 e. The number of halogens is 1. The summed E-state index contributed by atoms with van der Waals surface area (Å²) in [4.78, 5) is 36.9. The molecule has 1 N–H and O–H groups in total. The molecule has 8 heteroatoms. The van der Waals surface area contributed by atoms with Crippen LogP contribution in [0.25, 0.3) is 0 Å². The maximum atomic E-state index is 12.6. The van der Waals surface area contributed by atoms with Crippen molar-refractivity contribution < 1.29 is 14.5 Å². The third-order valence-electron chi connectivity index (χ3n) is 4.49. The Bertz CT molecular complexity index is 816. The van der Waals surface area contributed by atoms with Gasteiger partial charge in [0.2, 0.25) is 5.91 Å². The number of non-ortho nitro benzene ring substituents is 1. The minimum atomic E-state index is -0.494. The molecule has 0 aromatic heterocycles. The average molecular weight is 364 g/mol. The molecule has 0 fully saturated rings. The van der Waals surface area contributed by atoms with Crippen molar-refractivity contribution in [3.05, 3.63) is 39.6 Å². The summed E-state index contributed by atoms with van der Waals surface area (Å²) in [6.07, 6.45) is 1.02. The molecule has 1 aliphatic carbocycles. The highest BCUT2D eigenvalue weighted by molar-refractivity contribution is 6.29. The lowest BCUT2D eigenvalue weighted by Crippen LogP contribution is -2.37. The molecule has 0 saturated heterocycles. The van der Waals surface area contributed by atoms with E-state index in [4.69, 9.17) is 11.6 Å². The molecule has 0 radical (unpaired) electrons. The van der Waals surface area contributed by atoms with Gasteiger partial charge < -0.3 is 10.2 Å². The minimum absolute atomic E-state index is 0.0200. The van der Waals surface area contributed by atoms with Gasteiger partial charge in [0.1, 0.15) is 5.88 Å². The van der Waals surface area contributed by atoms with Crippen molar-refractivity contribution in [1.82, 2.24) is 0 Å². The van der Waals surface area contributed by atoms with E-state index in [1.807, 2.05) is 13.8 Å². The number of hydrogen-bond donors (Lipinski definition) is 1. The highest BCUT2D eigenvalue weighted by Crippen LogP contribution is 2.42. The number of ketones is 1. The van der Waals surface area contributed by atoms with E-state index < -0.39 is 4.92 Å². The van der Waals surface area contributed by atoms with Gasteiger partial charge in [-0.25, -0.2) is 0 Å². The third kappa shape index (κ3) is 3.24. The van der Waals surface area contributed by atoms with E-state index in [-0.39, 0.29) is 35.2 Å². The van der Waals surface area contributed by atoms with Crippen molar-refractivity contribution in [1.29, 1.82) is 0 Å². The molecule has 1 aliphatic heterocycles. The van der Waals surface area contributed by atoms with Crippen LogP contribution >= 0.6 is 11.6 Å². The van der Waals surface area contributed by atoms with Gasteiger partial charge in [0.05, 0.1) is 22.8 Å². The predicted octanol–water partition coefficient (Wildman–Crippen LogP) is 3.24. The van der Waals surface area contributed by atoms with E-state index in [2.05, 4.69) is 5.32 Å². The molecule has 0 unspecified atom stereocenters. The number of rotatable bonds is 2. The fraction of sp³-hybridized carbons (Fsp3) is 0.412. The Hall–Kier alpha value is -2.41. The molecule has 3 rings (SSSR count). The number of alkyl halides is 1. The van der Waals surface area contributed by atoms with Crippen LogP contribution in [0.3, 0.4) is 0 Å². The van der Waals surface area contributed by atoms with Gasteiger partial charge in [0.25, 0.3) is 5.69 Å². The Morgan fingerprint density at radius 2 is 2.12 bits per heavy atom. The Balaban J connectivity index is 2.14. The lowest BCUT2D eigenvalue weighted by Gasteiger charge is -2.32. The number of nitrogens with zero attached hydrogens (tertiary/aromatic N) is 2. The first-order chi connectivity index (χ1) is 11.7. The van der Waals surface area contributed by atoms with E-state index in [1.54, 1.807) is 0 Å². The number of nitro benzene ring substituents is 1. The molecule has 7 nitrogen and oxygen atoms in total. The number of nitrogens with one attached hydrogen (secondary N) is 1. The first-order valence-electron chi connectivity index (χ1n) is 7.89. The van der Waals surface area contributed by atoms with E-state index >= 15 is 0 Å². The molecule has 1 amide bonds. The summed E-state index contributed by atoms with van der Waals surface area (Å²) in [7, 11) is 0. The van der Waals surface area contributed by atoms with Crippen LogP contribution in [0.2, 0.25) is 0 Å². The van der Waals surface area contributed by atoms with E-state index in [9.17, 15) is 19.7 Å². The number of carbonyl (C=O) groups excluding carboxylic acids is 2. The van der Waals surface area contributed by atoms with Gasteiger partial charge in [-0.1, -0.05) is 13.8 Å². The molecule has 0 bridgehead atoms. The standard InChI is InChI=1S/C17H18ClN3O4/c1-17(2)6-13-11(15(22)7-17)9-20(16(23)8-18)14-4-3-10(21(24)25)5-12(14)19-13/h3-5,19H,6-9H2,1-2H3. The van der Waals surface area contributed by atoms with Crippen LogP contribution in [-0.2, 0) is 9.59 Å². The van der Waals surface area contributed by atoms with Crippen molar-refractivity contribution in [2.45, 2.75) is 26.7 Å².